The molecule has 3 aromatic carbocycles. The average Bonchev–Trinajstić information content (AvgIpc) is 3.69. The highest BCUT2D eigenvalue weighted by Gasteiger charge is 2.31. The molecule has 0 unspecified atom stereocenters. The maximum absolute atomic E-state index is 12.2. The first-order chi connectivity index (χ1) is 17.2. The van der Waals surface area contributed by atoms with Crippen molar-refractivity contribution in [3.05, 3.63) is 94.1 Å². The third kappa shape index (κ3) is 7.15. The van der Waals surface area contributed by atoms with Gasteiger partial charge >= 0.3 is 6.36 Å². The van der Waals surface area contributed by atoms with Gasteiger partial charge in [0, 0.05) is 33.1 Å². The number of aromatic nitrogens is 1. The van der Waals surface area contributed by atoms with Gasteiger partial charge in [0.2, 0.25) is 0 Å². The number of ether oxygens (including phenoxy) is 1. The summed E-state index contributed by atoms with van der Waals surface area (Å²) in [4.78, 5) is 5.43. The average molecular weight is 577 g/mol. The third-order valence-corrected chi connectivity index (χ3v) is 6.69. The summed E-state index contributed by atoms with van der Waals surface area (Å²) < 4.78 is 41.5. The Bertz CT molecular complexity index is 1330. The van der Waals surface area contributed by atoms with Crippen molar-refractivity contribution in [2.75, 3.05) is 5.32 Å². The van der Waals surface area contributed by atoms with Gasteiger partial charge < -0.3 is 15.2 Å². The highest BCUT2D eigenvalue weighted by atomic mass is 79.9. The fourth-order valence-electron chi connectivity index (χ4n) is 3.79. The van der Waals surface area contributed by atoms with Crippen LogP contribution < -0.4 is 10.1 Å². The normalized spacial score (nSPS) is 13.2. The van der Waals surface area contributed by atoms with E-state index in [4.69, 9.17) is 5.11 Å². The summed E-state index contributed by atoms with van der Waals surface area (Å²) in [6.07, 6.45) is -0.501. The predicted octanol–water partition coefficient (Wildman–Crippen LogP) is 7.85. The molecule has 1 aliphatic rings. The molecule has 36 heavy (non-hydrogen) atoms. The largest absolute Gasteiger partial charge is 0.573 e. The van der Waals surface area contributed by atoms with Crippen molar-refractivity contribution < 1.29 is 23.0 Å². The number of hydrogen-bond donors (Lipinski definition) is 3. The summed E-state index contributed by atoms with van der Waals surface area (Å²) >= 11 is 7.42. The number of aliphatic hydroxyl groups excluding tert-OH is 1. The van der Waals surface area contributed by atoms with Crippen molar-refractivity contribution in [1.29, 1.82) is 0 Å². The van der Waals surface area contributed by atoms with Crippen LogP contribution in [0.15, 0.2) is 82.3 Å². The van der Waals surface area contributed by atoms with E-state index in [-0.39, 0.29) is 12.4 Å². The highest BCUT2D eigenvalue weighted by Crippen LogP contribution is 2.46. The van der Waals surface area contributed by atoms with Crippen molar-refractivity contribution in [2.24, 2.45) is 0 Å². The fourth-order valence-corrected chi connectivity index (χ4v) is 4.39. The SMILES string of the molecule is FC(F)(F)Oc1ccc(CNc2ncc3ccccc3c2C2CC2)cc1.OCc1cc(S)ccc1Br. The molecule has 1 heterocycles. The lowest BCUT2D eigenvalue weighted by Crippen LogP contribution is -2.17. The van der Waals surface area contributed by atoms with Gasteiger partial charge in [-0.3, -0.25) is 0 Å². The van der Waals surface area contributed by atoms with Crippen LogP contribution in [-0.2, 0) is 13.2 Å². The highest BCUT2D eigenvalue weighted by molar-refractivity contribution is 9.10. The van der Waals surface area contributed by atoms with Gasteiger partial charge in [-0.2, -0.15) is 0 Å². The van der Waals surface area contributed by atoms with Gasteiger partial charge in [0.25, 0.3) is 0 Å². The van der Waals surface area contributed by atoms with Crippen LogP contribution in [0, 0.1) is 0 Å². The van der Waals surface area contributed by atoms with Crippen LogP contribution in [0.4, 0.5) is 19.0 Å². The molecule has 1 saturated carbocycles. The van der Waals surface area contributed by atoms with Gasteiger partial charge in [0.1, 0.15) is 11.6 Å². The Morgan fingerprint density at radius 2 is 1.78 bits per heavy atom. The predicted molar refractivity (Wildman–Crippen MR) is 141 cm³/mol. The summed E-state index contributed by atoms with van der Waals surface area (Å²) in [6, 6.07) is 19.6. The Morgan fingerprint density at radius 1 is 1.06 bits per heavy atom. The zero-order valence-corrected chi connectivity index (χ0v) is 21.6. The summed E-state index contributed by atoms with van der Waals surface area (Å²) in [5.41, 5.74) is 2.96. The Kier molecular flexibility index (Phi) is 8.43. The minimum absolute atomic E-state index is 0.0506. The lowest BCUT2D eigenvalue weighted by Gasteiger charge is -2.14. The number of pyridine rings is 1. The second kappa shape index (κ2) is 11.5. The molecule has 0 bridgehead atoms. The zero-order valence-electron chi connectivity index (χ0n) is 19.1. The van der Waals surface area contributed by atoms with Crippen molar-refractivity contribution in [2.45, 2.75) is 43.2 Å². The van der Waals surface area contributed by atoms with E-state index in [1.54, 1.807) is 12.1 Å². The maximum atomic E-state index is 12.2. The molecule has 4 nitrogen and oxygen atoms in total. The van der Waals surface area contributed by atoms with E-state index in [0.29, 0.717) is 12.5 Å². The van der Waals surface area contributed by atoms with Crippen molar-refractivity contribution in [3.63, 3.8) is 0 Å². The van der Waals surface area contributed by atoms with Crippen LogP contribution in [0.5, 0.6) is 5.75 Å². The lowest BCUT2D eigenvalue weighted by molar-refractivity contribution is -0.274. The van der Waals surface area contributed by atoms with Gasteiger partial charge in [-0.25, -0.2) is 4.98 Å². The van der Waals surface area contributed by atoms with E-state index < -0.39 is 6.36 Å². The summed E-state index contributed by atoms with van der Waals surface area (Å²) in [5.74, 6) is 1.16. The monoisotopic (exact) mass is 576 g/mol. The van der Waals surface area contributed by atoms with Crippen molar-refractivity contribution in [3.8, 4) is 5.75 Å². The topological polar surface area (TPSA) is 54.4 Å². The molecule has 0 radical (unpaired) electrons. The number of nitrogens with zero attached hydrogens (tertiary/aromatic N) is 1. The fraction of sp³-hybridized carbons (Fsp3) is 0.222. The smallest absolute Gasteiger partial charge is 0.406 e. The first-order valence-corrected chi connectivity index (χ1v) is 12.5. The van der Waals surface area contributed by atoms with Gasteiger partial charge in [-0.05, 0) is 65.6 Å². The molecule has 5 rings (SSSR count). The number of rotatable bonds is 6. The molecule has 0 aliphatic heterocycles. The molecule has 0 atom stereocenters. The summed E-state index contributed by atoms with van der Waals surface area (Å²) in [6.45, 7) is 0.534. The molecule has 1 aromatic heterocycles. The molecule has 2 N–H and O–H groups in total. The van der Waals surface area contributed by atoms with Gasteiger partial charge in [-0.15, -0.1) is 25.8 Å². The van der Waals surface area contributed by atoms with E-state index in [9.17, 15) is 13.2 Å². The van der Waals surface area contributed by atoms with Crippen LogP contribution >= 0.6 is 28.6 Å². The first-order valence-electron chi connectivity index (χ1n) is 11.3. The Balaban J connectivity index is 0.000000256. The van der Waals surface area contributed by atoms with E-state index >= 15 is 0 Å². The molecular formula is C27H24BrF3N2O2S. The van der Waals surface area contributed by atoms with E-state index in [1.165, 1.54) is 23.1 Å². The second-order valence-corrected chi connectivity index (χ2v) is 9.73. The maximum Gasteiger partial charge on any atom is 0.573 e. The number of hydrogen-bond acceptors (Lipinski definition) is 5. The van der Waals surface area contributed by atoms with Crippen molar-refractivity contribution in [1.82, 2.24) is 4.98 Å². The molecule has 0 saturated heterocycles. The summed E-state index contributed by atoms with van der Waals surface area (Å²) in [7, 11) is 0. The van der Waals surface area contributed by atoms with Gasteiger partial charge in [0.15, 0.2) is 0 Å². The first kappa shape index (κ1) is 26.3. The molecule has 188 valence electrons. The molecule has 1 aliphatic carbocycles. The number of thiol groups is 1. The number of anilines is 1. The molecule has 4 aromatic rings. The summed E-state index contributed by atoms with van der Waals surface area (Å²) in [5, 5.41) is 14.4. The van der Waals surface area contributed by atoms with Crippen molar-refractivity contribution >= 4 is 45.1 Å². The Labute approximate surface area is 221 Å². The molecule has 0 spiro atoms. The standard InChI is InChI=1S/C20H17F3N2O.C7H7BrOS/c21-20(22,23)26-16-9-5-13(6-10-16)11-24-19-18(14-7-8-14)17-4-2-1-3-15(17)12-25-19;8-7-2-1-6(10)3-5(7)4-9/h1-6,9-10,12,14H,7-8,11H2,(H,24,25);1-3,9-10H,4H2. The number of aliphatic hydroxyl groups is 1. The Morgan fingerprint density at radius 3 is 2.42 bits per heavy atom. The molecule has 9 heteroatoms. The van der Waals surface area contributed by atoms with Gasteiger partial charge in [-0.1, -0.05) is 52.3 Å². The van der Waals surface area contributed by atoms with Crippen LogP contribution in [0.1, 0.15) is 35.4 Å². The minimum Gasteiger partial charge on any atom is -0.406 e. The molecular weight excluding hydrogens is 553 g/mol. The second-order valence-electron chi connectivity index (χ2n) is 8.36. The van der Waals surface area contributed by atoms with Crippen LogP contribution in [0.3, 0.4) is 0 Å². The number of benzene rings is 3. The Hall–Kier alpha value is -2.75. The zero-order chi connectivity index (χ0) is 25.7. The third-order valence-electron chi connectivity index (χ3n) is 5.64. The van der Waals surface area contributed by atoms with E-state index in [2.05, 4.69) is 55.7 Å². The number of nitrogens with one attached hydrogen (secondary N) is 1. The number of fused-ring (bicyclic) bond motifs is 1. The molecule has 0 amide bonds. The quantitative estimate of drug-likeness (QED) is 0.204. The van der Waals surface area contributed by atoms with E-state index in [0.717, 1.165) is 44.5 Å². The number of alkyl halides is 3. The van der Waals surface area contributed by atoms with Crippen LogP contribution in [0.25, 0.3) is 10.8 Å². The van der Waals surface area contributed by atoms with E-state index in [1.807, 2.05) is 36.5 Å². The van der Waals surface area contributed by atoms with Crippen LogP contribution in [-0.4, -0.2) is 16.5 Å². The van der Waals surface area contributed by atoms with Gasteiger partial charge in [0.05, 0.1) is 6.61 Å². The lowest BCUT2D eigenvalue weighted by atomic mass is 10.0. The number of halogens is 4. The van der Waals surface area contributed by atoms with Crippen LogP contribution in [0.2, 0.25) is 0 Å². The minimum atomic E-state index is -4.67. The molecule has 1 fully saturated rings.